The summed E-state index contributed by atoms with van der Waals surface area (Å²) in [6.45, 7) is 2.21. The molecule has 0 aromatic heterocycles. The first kappa shape index (κ1) is 15.0. The summed E-state index contributed by atoms with van der Waals surface area (Å²) in [5, 5.41) is 3.24. The van der Waals surface area contributed by atoms with Gasteiger partial charge in [-0.25, -0.2) is 13.1 Å². The van der Waals surface area contributed by atoms with Crippen LogP contribution in [-0.4, -0.2) is 27.3 Å². The van der Waals surface area contributed by atoms with Gasteiger partial charge in [0.05, 0.1) is 5.75 Å². The number of benzene rings is 1. The van der Waals surface area contributed by atoms with Gasteiger partial charge in [0, 0.05) is 11.0 Å². The monoisotopic (exact) mass is 346 g/mol. The van der Waals surface area contributed by atoms with Gasteiger partial charge < -0.3 is 5.32 Å². The van der Waals surface area contributed by atoms with E-state index in [2.05, 4.69) is 26.0 Å². The molecule has 0 atom stereocenters. The van der Waals surface area contributed by atoms with Crippen molar-refractivity contribution in [2.75, 3.05) is 18.8 Å². The van der Waals surface area contributed by atoms with Crippen molar-refractivity contribution in [3.8, 4) is 0 Å². The fraction of sp³-hybridized carbons (Fsp3) is 0.538. The Morgan fingerprint density at radius 2 is 1.84 bits per heavy atom. The molecule has 0 bridgehead atoms. The Morgan fingerprint density at radius 3 is 2.47 bits per heavy atom. The van der Waals surface area contributed by atoms with E-state index in [0.29, 0.717) is 6.54 Å². The molecule has 1 fully saturated rings. The van der Waals surface area contributed by atoms with Crippen LogP contribution in [-0.2, 0) is 16.6 Å². The summed E-state index contributed by atoms with van der Waals surface area (Å²) in [4.78, 5) is 0. The Morgan fingerprint density at radius 1 is 1.21 bits per heavy atom. The quantitative estimate of drug-likeness (QED) is 0.855. The fourth-order valence-corrected chi connectivity index (χ4v) is 3.94. The highest BCUT2D eigenvalue weighted by molar-refractivity contribution is 9.10. The molecule has 1 saturated heterocycles. The van der Waals surface area contributed by atoms with E-state index in [1.807, 2.05) is 24.3 Å². The van der Waals surface area contributed by atoms with Crippen LogP contribution in [0.1, 0.15) is 18.4 Å². The van der Waals surface area contributed by atoms with Crippen molar-refractivity contribution in [2.45, 2.75) is 19.4 Å². The minimum atomic E-state index is -3.18. The Bertz CT molecular complexity index is 496. The average molecular weight is 347 g/mol. The molecule has 2 N–H and O–H groups in total. The summed E-state index contributed by atoms with van der Waals surface area (Å²) in [7, 11) is -3.18. The normalized spacial score (nSPS) is 17.5. The summed E-state index contributed by atoms with van der Waals surface area (Å²) >= 11 is 3.36. The maximum absolute atomic E-state index is 12.0. The van der Waals surface area contributed by atoms with Gasteiger partial charge in [-0.05, 0) is 49.5 Å². The van der Waals surface area contributed by atoms with E-state index in [1.165, 1.54) is 0 Å². The van der Waals surface area contributed by atoms with Crippen LogP contribution in [0.3, 0.4) is 0 Å². The highest BCUT2D eigenvalue weighted by Crippen LogP contribution is 2.14. The minimum Gasteiger partial charge on any atom is -0.317 e. The largest absolute Gasteiger partial charge is 0.317 e. The third-order valence-corrected chi connectivity index (χ3v) is 5.35. The lowest BCUT2D eigenvalue weighted by Crippen LogP contribution is -2.35. The molecule has 0 aliphatic carbocycles. The summed E-state index contributed by atoms with van der Waals surface area (Å²) < 4.78 is 27.7. The molecule has 6 heteroatoms. The van der Waals surface area contributed by atoms with Crippen LogP contribution < -0.4 is 10.0 Å². The first-order chi connectivity index (χ1) is 9.05. The third-order valence-electron chi connectivity index (χ3n) is 3.32. The average Bonchev–Trinajstić information content (AvgIpc) is 2.39. The summed E-state index contributed by atoms with van der Waals surface area (Å²) in [5.41, 5.74) is 0.970. The van der Waals surface area contributed by atoms with E-state index in [9.17, 15) is 8.42 Å². The van der Waals surface area contributed by atoms with E-state index >= 15 is 0 Å². The maximum atomic E-state index is 12.0. The zero-order valence-electron chi connectivity index (χ0n) is 10.7. The maximum Gasteiger partial charge on any atom is 0.212 e. The van der Waals surface area contributed by atoms with E-state index < -0.39 is 10.0 Å². The molecule has 1 aliphatic rings. The van der Waals surface area contributed by atoms with Gasteiger partial charge in [0.2, 0.25) is 10.0 Å². The van der Waals surface area contributed by atoms with Crippen molar-refractivity contribution in [3.63, 3.8) is 0 Å². The van der Waals surface area contributed by atoms with Crippen molar-refractivity contribution in [3.05, 3.63) is 34.3 Å². The molecule has 0 saturated carbocycles. The highest BCUT2D eigenvalue weighted by Gasteiger charge is 2.20. The highest BCUT2D eigenvalue weighted by atomic mass is 79.9. The van der Waals surface area contributed by atoms with Crippen LogP contribution in [0.15, 0.2) is 28.7 Å². The summed E-state index contributed by atoms with van der Waals surface area (Å²) in [6.07, 6.45) is 1.89. The van der Waals surface area contributed by atoms with Gasteiger partial charge in [-0.2, -0.15) is 0 Å². The molecule has 1 aromatic carbocycles. The molecule has 0 amide bonds. The van der Waals surface area contributed by atoms with E-state index in [1.54, 1.807) is 0 Å². The predicted octanol–water partition coefficient (Wildman–Crippen LogP) is 1.87. The molecule has 1 aliphatic heterocycles. The topological polar surface area (TPSA) is 58.2 Å². The molecule has 0 spiro atoms. The first-order valence-corrected chi connectivity index (χ1v) is 8.92. The van der Waals surface area contributed by atoms with Crippen LogP contribution in [0.5, 0.6) is 0 Å². The number of piperidine rings is 1. The zero-order valence-corrected chi connectivity index (χ0v) is 13.1. The Balaban J connectivity index is 1.84. The second-order valence-corrected chi connectivity index (χ2v) is 7.69. The van der Waals surface area contributed by atoms with Crippen molar-refractivity contribution in [2.24, 2.45) is 5.92 Å². The van der Waals surface area contributed by atoms with Crippen molar-refractivity contribution in [1.82, 2.24) is 10.0 Å². The predicted molar refractivity (Wildman–Crippen MR) is 80.4 cm³/mol. The van der Waals surface area contributed by atoms with E-state index in [4.69, 9.17) is 0 Å². The lowest BCUT2D eigenvalue weighted by Gasteiger charge is -2.22. The summed E-state index contributed by atoms with van der Waals surface area (Å²) in [5.74, 6) is 0.522. The van der Waals surface area contributed by atoms with Gasteiger partial charge in [0.15, 0.2) is 0 Å². The van der Waals surface area contributed by atoms with Crippen LogP contribution >= 0.6 is 15.9 Å². The molecule has 0 unspecified atom stereocenters. The second-order valence-electron chi connectivity index (χ2n) is 4.92. The smallest absolute Gasteiger partial charge is 0.212 e. The minimum absolute atomic E-state index is 0.241. The van der Waals surface area contributed by atoms with E-state index in [0.717, 1.165) is 36.0 Å². The standard InChI is InChI=1S/C13H19BrN2O2S/c14-13-3-1-11(2-4-13)9-16-19(17,18)10-12-5-7-15-8-6-12/h1-4,12,15-16H,5-10H2. The van der Waals surface area contributed by atoms with Gasteiger partial charge >= 0.3 is 0 Å². The number of hydrogen-bond acceptors (Lipinski definition) is 3. The second kappa shape index (κ2) is 6.83. The number of nitrogens with one attached hydrogen (secondary N) is 2. The van der Waals surface area contributed by atoms with Gasteiger partial charge in [-0.15, -0.1) is 0 Å². The molecule has 106 valence electrons. The molecule has 19 heavy (non-hydrogen) atoms. The molecular formula is C13H19BrN2O2S. The molecule has 4 nitrogen and oxygen atoms in total. The Hall–Kier alpha value is -0.430. The van der Waals surface area contributed by atoms with E-state index in [-0.39, 0.29) is 11.7 Å². The van der Waals surface area contributed by atoms with Crippen LogP contribution in [0.25, 0.3) is 0 Å². The number of halogens is 1. The zero-order chi connectivity index (χ0) is 13.7. The van der Waals surface area contributed by atoms with Gasteiger partial charge in [0.25, 0.3) is 0 Å². The fourth-order valence-electron chi connectivity index (χ4n) is 2.21. The SMILES string of the molecule is O=S(=O)(CC1CCNCC1)NCc1ccc(Br)cc1. The van der Waals surface area contributed by atoms with Gasteiger partial charge in [-0.1, -0.05) is 28.1 Å². The molecular weight excluding hydrogens is 328 g/mol. The van der Waals surface area contributed by atoms with Crippen molar-refractivity contribution >= 4 is 26.0 Å². The van der Waals surface area contributed by atoms with Crippen LogP contribution in [0, 0.1) is 5.92 Å². The summed E-state index contributed by atoms with van der Waals surface area (Å²) in [6, 6.07) is 7.65. The Labute approximate surface area is 123 Å². The van der Waals surface area contributed by atoms with Crippen LogP contribution in [0.4, 0.5) is 0 Å². The van der Waals surface area contributed by atoms with Gasteiger partial charge in [-0.3, -0.25) is 0 Å². The lowest BCUT2D eigenvalue weighted by molar-refractivity contribution is 0.400. The molecule has 2 rings (SSSR count). The third kappa shape index (κ3) is 5.22. The molecule has 1 aromatic rings. The molecule has 0 radical (unpaired) electrons. The number of sulfonamides is 1. The van der Waals surface area contributed by atoms with Crippen LogP contribution in [0.2, 0.25) is 0 Å². The number of hydrogen-bond donors (Lipinski definition) is 2. The van der Waals surface area contributed by atoms with Crippen molar-refractivity contribution in [1.29, 1.82) is 0 Å². The van der Waals surface area contributed by atoms with Gasteiger partial charge in [0.1, 0.15) is 0 Å². The Kier molecular flexibility index (Phi) is 5.38. The van der Waals surface area contributed by atoms with Crippen molar-refractivity contribution < 1.29 is 8.42 Å². The lowest BCUT2D eigenvalue weighted by atomic mass is 10.0. The first-order valence-electron chi connectivity index (χ1n) is 6.48. The molecule has 1 heterocycles. The number of rotatable bonds is 5.